The smallest absolute Gasteiger partial charge is 0.244 e. The van der Waals surface area contributed by atoms with Gasteiger partial charge < -0.3 is 24.2 Å². The molecule has 0 saturated carbocycles. The standard InChI is InChI=1S/C21H34N4O3/c1-15-14-27-11-10-24(15)16-12-18(22-19(13-16)28-21(2,3)4)25-9-7-8-17(25)20(26)23(5)6/h12-13,15,17H,7-11,14H2,1-6H3. The Morgan fingerprint density at radius 2 is 2.00 bits per heavy atom. The van der Waals surface area contributed by atoms with Gasteiger partial charge in [0.25, 0.3) is 0 Å². The SMILES string of the molecule is CC1COCCN1c1cc(OC(C)(C)C)nc(N2CCCC2C(=O)N(C)C)c1. The molecule has 156 valence electrons. The summed E-state index contributed by atoms with van der Waals surface area (Å²) < 4.78 is 11.7. The van der Waals surface area contributed by atoms with Crippen LogP contribution in [0.25, 0.3) is 0 Å². The van der Waals surface area contributed by atoms with Crippen molar-refractivity contribution in [2.45, 2.75) is 58.2 Å². The summed E-state index contributed by atoms with van der Waals surface area (Å²) in [5.74, 6) is 1.54. The molecule has 1 aromatic rings. The summed E-state index contributed by atoms with van der Waals surface area (Å²) >= 11 is 0. The van der Waals surface area contributed by atoms with Gasteiger partial charge >= 0.3 is 0 Å². The Labute approximate surface area is 168 Å². The van der Waals surface area contributed by atoms with Crippen LogP contribution in [0.2, 0.25) is 0 Å². The van der Waals surface area contributed by atoms with E-state index in [4.69, 9.17) is 14.5 Å². The van der Waals surface area contributed by atoms with Crippen LogP contribution in [0.4, 0.5) is 11.5 Å². The maximum atomic E-state index is 12.7. The Balaban J connectivity index is 1.98. The fourth-order valence-corrected chi connectivity index (χ4v) is 3.86. The number of nitrogens with zero attached hydrogens (tertiary/aromatic N) is 4. The lowest BCUT2D eigenvalue weighted by Gasteiger charge is -2.36. The normalized spacial score (nSPS) is 23.1. The van der Waals surface area contributed by atoms with Crippen molar-refractivity contribution in [2.75, 3.05) is 50.2 Å². The van der Waals surface area contributed by atoms with Crippen LogP contribution in [0.5, 0.6) is 5.88 Å². The summed E-state index contributed by atoms with van der Waals surface area (Å²) in [4.78, 5) is 23.6. The number of morpholine rings is 1. The fourth-order valence-electron chi connectivity index (χ4n) is 3.86. The first-order valence-corrected chi connectivity index (χ1v) is 10.2. The molecule has 7 heteroatoms. The molecule has 0 bridgehead atoms. The molecule has 2 atom stereocenters. The minimum absolute atomic E-state index is 0.128. The quantitative estimate of drug-likeness (QED) is 0.788. The molecule has 3 heterocycles. The summed E-state index contributed by atoms with van der Waals surface area (Å²) in [7, 11) is 3.62. The largest absolute Gasteiger partial charge is 0.472 e. The molecule has 2 fully saturated rings. The minimum Gasteiger partial charge on any atom is -0.472 e. The Morgan fingerprint density at radius 3 is 2.64 bits per heavy atom. The van der Waals surface area contributed by atoms with Gasteiger partial charge in [-0.2, -0.15) is 4.98 Å². The number of anilines is 2. The van der Waals surface area contributed by atoms with E-state index < -0.39 is 0 Å². The van der Waals surface area contributed by atoms with Crippen LogP contribution >= 0.6 is 0 Å². The average Bonchev–Trinajstić information content (AvgIpc) is 3.09. The molecular formula is C21H34N4O3. The molecule has 2 unspecified atom stereocenters. The second-order valence-electron chi connectivity index (χ2n) is 8.94. The molecule has 3 rings (SSSR count). The van der Waals surface area contributed by atoms with Crippen molar-refractivity contribution in [3.05, 3.63) is 12.1 Å². The summed E-state index contributed by atoms with van der Waals surface area (Å²) in [6.07, 6.45) is 1.84. The van der Waals surface area contributed by atoms with E-state index in [1.807, 2.05) is 40.9 Å². The zero-order valence-corrected chi connectivity index (χ0v) is 18.1. The number of carbonyl (C=O) groups excluding carboxylic acids is 1. The zero-order valence-electron chi connectivity index (χ0n) is 18.1. The molecule has 2 aliphatic heterocycles. The van der Waals surface area contributed by atoms with Crippen molar-refractivity contribution in [1.82, 2.24) is 9.88 Å². The first-order valence-electron chi connectivity index (χ1n) is 10.2. The third-order valence-electron chi connectivity index (χ3n) is 5.16. The van der Waals surface area contributed by atoms with Gasteiger partial charge in [0.15, 0.2) is 0 Å². The number of hydrogen-bond donors (Lipinski definition) is 0. The van der Waals surface area contributed by atoms with Crippen LogP contribution in [0.3, 0.4) is 0 Å². The molecule has 0 aliphatic carbocycles. The predicted octanol–water partition coefficient (Wildman–Crippen LogP) is 2.54. The maximum Gasteiger partial charge on any atom is 0.244 e. The summed E-state index contributed by atoms with van der Waals surface area (Å²) in [5.41, 5.74) is 0.728. The van der Waals surface area contributed by atoms with E-state index in [0.29, 0.717) is 19.1 Å². The molecule has 2 saturated heterocycles. The van der Waals surface area contributed by atoms with Crippen LogP contribution < -0.4 is 14.5 Å². The van der Waals surface area contributed by atoms with E-state index in [1.165, 1.54) is 0 Å². The van der Waals surface area contributed by atoms with Gasteiger partial charge in [-0.3, -0.25) is 4.79 Å². The maximum absolute atomic E-state index is 12.7. The van der Waals surface area contributed by atoms with Crippen LogP contribution in [-0.4, -0.2) is 73.9 Å². The highest BCUT2D eigenvalue weighted by Crippen LogP contribution is 2.33. The van der Waals surface area contributed by atoms with E-state index in [1.54, 1.807) is 4.90 Å². The number of likely N-dealkylation sites (N-methyl/N-ethyl adjacent to an activating group) is 1. The second kappa shape index (κ2) is 8.15. The van der Waals surface area contributed by atoms with Crippen LogP contribution in [-0.2, 0) is 9.53 Å². The molecule has 0 N–H and O–H groups in total. The summed E-state index contributed by atoms with van der Waals surface area (Å²) in [5, 5.41) is 0. The number of pyridine rings is 1. The number of hydrogen-bond acceptors (Lipinski definition) is 6. The number of rotatable bonds is 4. The number of carbonyl (C=O) groups is 1. The van der Waals surface area contributed by atoms with Crippen molar-refractivity contribution in [3.63, 3.8) is 0 Å². The van der Waals surface area contributed by atoms with Crippen LogP contribution in [0.1, 0.15) is 40.5 Å². The molecule has 0 aromatic carbocycles. The highest BCUT2D eigenvalue weighted by atomic mass is 16.5. The summed E-state index contributed by atoms with van der Waals surface area (Å²) in [6.45, 7) is 11.3. The van der Waals surface area contributed by atoms with Crippen molar-refractivity contribution in [1.29, 1.82) is 0 Å². The van der Waals surface area contributed by atoms with Crippen molar-refractivity contribution in [2.24, 2.45) is 0 Å². The van der Waals surface area contributed by atoms with Gasteiger partial charge in [0, 0.05) is 51.0 Å². The monoisotopic (exact) mass is 390 g/mol. The topological polar surface area (TPSA) is 58.1 Å². The van der Waals surface area contributed by atoms with E-state index in [-0.39, 0.29) is 23.6 Å². The Hall–Kier alpha value is -2.02. The number of ether oxygens (including phenoxy) is 2. The number of amides is 1. The Bertz CT molecular complexity index is 701. The van der Waals surface area contributed by atoms with Gasteiger partial charge in [0.2, 0.25) is 11.8 Å². The summed E-state index contributed by atoms with van der Waals surface area (Å²) in [6, 6.07) is 4.22. The van der Waals surface area contributed by atoms with Gasteiger partial charge in [0.1, 0.15) is 17.5 Å². The predicted molar refractivity (Wildman–Crippen MR) is 111 cm³/mol. The van der Waals surface area contributed by atoms with Crippen molar-refractivity contribution in [3.8, 4) is 5.88 Å². The van der Waals surface area contributed by atoms with E-state index in [2.05, 4.69) is 22.8 Å². The van der Waals surface area contributed by atoms with Crippen molar-refractivity contribution < 1.29 is 14.3 Å². The second-order valence-corrected chi connectivity index (χ2v) is 8.94. The average molecular weight is 391 g/mol. The molecule has 2 aliphatic rings. The van der Waals surface area contributed by atoms with Crippen molar-refractivity contribution >= 4 is 17.4 Å². The van der Waals surface area contributed by atoms with Gasteiger partial charge in [-0.1, -0.05) is 0 Å². The Morgan fingerprint density at radius 1 is 1.25 bits per heavy atom. The molecule has 28 heavy (non-hydrogen) atoms. The lowest BCUT2D eigenvalue weighted by atomic mass is 10.2. The highest BCUT2D eigenvalue weighted by molar-refractivity contribution is 5.85. The van der Waals surface area contributed by atoms with Crippen LogP contribution in [0.15, 0.2) is 12.1 Å². The van der Waals surface area contributed by atoms with Crippen LogP contribution in [0, 0.1) is 0 Å². The third-order valence-corrected chi connectivity index (χ3v) is 5.16. The van der Waals surface area contributed by atoms with E-state index >= 15 is 0 Å². The minimum atomic E-state index is -0.344. The van der Waals surface area contributed by atoms with E-state index in [9.17, 15) is 4.79 Å². The van der Waals surface area contributed by atoms with Gasteiger partial charge in [-0.25, -0.2) is 0 Å². The molecule has 0 radical (unpaired) electrons. The molecule has 0 spiro atoms. The fraction of sp³-hybridized carbons (Fsp3) is 0.714. The molecule has 1 aromatic heterocycles. The van der Waals surface area contributed by atoms with E-state index in [0.717, 1.165) is 37.4 Å². The lowest BCUT2D eigenvalue weighted by molar-refractivity contribution is -0.129. The molecule has 7 nitrogen and oxygen atoms in total. The third kappa shape index (κ3) is 4.69. The number of aromatic nitrogens is 1. The molecular weight excluding hydrogens is 356 g/mol. The highest BCUT2D eigenvalue weighted by Gasteiger charge is 2.34. The van der Waals surface area contributed by atoms with Gasteiger partial charge in [-0.15, -0.1) is 0 Å². The first-order chi connectivity index (χ1) is 13.2. The van der Waals surface area contributed by atoms with Gasteiger partial charge in [0.05, 0.1) is 13.2 Å². The first kappa shape index (κ1) is 20.7. The zero-order chi connectivity index (χ0) is 20.5. The van der Waals surface area contributed by atoms with Gasteiger partial charge in [-0.05, 0) is 40.5 Å². The molecule has 1 amide bonds. The Kier molecular flexibility index (Phi) is 6.03. The lowest BCUT2D eigenvalue weighted by Crippen LogP contribution is -2.44.